The number of nitrogens with one attached hydrogen (secondary N) is 2. The highest BCUT2D eigenvalue weighted by Crippen LogP contribution is 2.23. The Hall–Kier alpha value is -1.59. The van der Waals surface area contributed by atoms with Crippen LogP contribution in [0.4, 0.5) is 5.69 Å². The molecule has 0 saturated heterocycles. The van der Waals surface area contributed by atoms with Gasteiger partial charge in [-0.25, -0.2) is 8.42 Å². The number of hydrogen-bond acceptors (Lipinski definition) is 3. The Balaban J connectivity index is 2.21. The Morgan fingerprint density at radius 1 is 1.05 bits per heavy atom. The van der Waals surface area contributed by atoms with E-state index < -0.39 is 10.0 Å². The third kappa shape index (κ3) is 3.68. The van der Waals surface area contributed by atoms with Gasteiger partial charge in [-0.1, -0.05) is 43.3 Å². The van der Waals surface area contributed by atoms with Gasteiger partial charge in [0.15, 0.2) is 0 Å². The summed E-state index contributed by atoms with van der Waals surface area (Å²) in [5.41, 5.74) is 0.634. The van der Waals surface area contributed by atoms with Crippen LogP contribution in [-0.4, -0.2) is 27.3 Å². The third-order valence-electron chi connectivity index (χ3n) is 2.85. The van der Waals surface area contributed by atoms with E-state index in [-0.39, 0.29) is 5.75 Å². The van der Waals surface area contributed by atoms with Crippen molar-refractivity contribution in [2.75, 3.05) is 23.6 Å². The van der Waals surface area contributed by atoms with Crippen LogP contribution >= 0.6 is 0 Å². The van der Waals surface area contributed by atoms with E-state index in [2.05, 4.69) is 10.0 Å². The zero-order valence-corrected chi connectivity index (χ0v) is 11.7. The topological polar surface area (TPSA) is 58.2 Å². The summed E-state index contributed by atoms with van der Waals surface area (Å²) >= 11 is 0. The van der Waals surface area contributed by atoms with Crippen LogP contribution in [0, 0.1) is 0 Å². The van der Waals surface area contributed by atoms with Gasteiger partial charge < -0.3 is 5.32 Å². The SMILES string of the molecule is CCNCCS(=O)(=O)Nc1cccc2ccccc12. The molecule has 0 bridgehead atoms. The van der Waals surface area contributed by atoms with E-state index >= 15 is 0 Å². The van der Waals surface area contributed by atoms with Crippen LogP contribution in [0.2, 0.25) is 0 Å². The van der Waals surface area contributed by atoms with Gasteiger partial charge >= 0.3 is 0 Å². The molecule has 0 atom stereocenters. The van der Waals surface area contributed by atoms with Crippen molar-refractivity contribution in [3.8, 4) is 0 Å². The van der Waals surface area contributed by atoms with E-state index in [0.29, 0.717) is 12.2 Å². The summed E-state index contributed by atoms with van der Waals surface area (Å²) in [6, 6.07) is 13.3. The first-order valence-electron chi connectivity index (χ1n) is 6.31. The van der Waals surface area contributed by atoms with Crippen LogP contribution in [0.15, 0.2) is 42.5 Å². The van der Waals surface area contributed by atoms with Gasteiger partial charge in [-0.05, 0) is 18.0 Å². The van der Waals surface area contributed by atoms with Gasteiger partial charge in [-0.3, -0.25) is 4.72 Å². The lowest BCUT2D eigenvalue weighted by atomic mass is 10.1. The van der Waals surface area contributed by atoms with Crippen molar-refractivity contribution < 1.29 is 8.42 Å². The molecule has 0 aromatic heterocycles. The molecule has 0 aliphatic heterocycles. The van der Waals surface area contributed by atoms with Crippen molar-refractivity contribution in [1.82, 2.24) is 5.32 Å². The molecule has 0 radical (unpaired) electrons. The van der Waals surface area contributed by atoms with E-state index in [9.17, 15) is 8.42 Å². The molecule has 0 saturated carbocycles. The second-order valence-electron chi connectivity index (χ2n) is 4.30. The molecule has 4 nitrogen and oxygen atoms in total. The first kappa shape index (κ1) is 13.8. The zero-order valence-electron chi connectivity index (χ0n) is 10.9. The number of fused-ring (bicyclic) bond motifs is 1. The Kier molecular flexibility index (Phi) is 4.39. The molecule has 102 valence electrons. The highest BCUT2D eigenvalue weighted by Gasteiger charge is 2.11. The van der Waals surface area contributed by atoms with Crippen LogP contribution in [0.25, 0.3) is 10.8 Å². The standard InChI is InChI=1S/C14H18N2O2S/c1-2-15-10-11-19(17,18)16-14-9-5-7-12-6-3-4-8-13(12)14/h3-9,15-16H,2,10-11H2,1H3. The molecule has 0 unspecified atom stereocenters. The van der Waals surface area contributed by atoms with Crippen molar-refractivity contribution in [2.24, 2.45) is 0 Å². The minimum atomic E-state index is -3.31. The summed E-state index contributed by atoms with van der Waals surface area (Å²) in [6.45, 7) is 3.17. The smallest absolute Gasteiger partial charge is 0.233 e. The Bertz CT molecular complexity index is 648. The number of anilines is 1. The van der Waals surface area contributed by atoms with Crippen LogP contribution < -0.4 is 10.0 Å². The van der Waals surface area contributed by atoms with Gasteiger partial charge in [0.2, 0.25) is 10.0 Å². The fraction of sp³-hybridized carbons (Fsp3) is 0.286. The first-order valence-corrected chi connectivity index (χ1v) is 7.96. The van der Waals surface area contributed by atoms with Crippen molar-refractivity contribution in [2.45, 2.75) is 6.92 Å². The molecule has 19 heavy (non-hydrogen) atoms. The summed E-state index contributed by atoms with van der Waals surface area (Å²) in [5.74, 6) is 0.0735. The van der Waals surface area contributed by atoms with Crippen molar-refractivity contribution in [3.63, 3.8) is 0 Å². The highest BCUT2D eigenvalue weighted by molar-refractivity contribution is 7.92. The monoisotopic (exact) mass is 278 g/mol. The molecule has 0 spiro atoms. The van der Waals surface area contributed by atoms with Crippen LogP contribution in [0.3, 0.4) is 0 Å². The Morgan fingerprint density at radius 2 is 1.79 bits per heavy atom. The summed E-state index contributed by atoms with van der Waals surface area (Å²) < 4.78 is 26.6. The highest BCUT2D eigenvalue weighted by atomic mass is 32.2. The van der Waals surface area contributed by atoms with Crippen LogP contribution in [0.5, 0.6) is 0 Å². The number of sulfonamides is 1. The van der Waals surface area contributed by atoms with Gasteiger partial charge in [-0.2, -0.15) is 0 Å². The van der Waals surface area contributed by atoms with Gasteiger partial charge in [0.05, 0.1) is 11.4 Å². The zero-order chi connectivity index (χ0) is 13.7. The quantitative estimate of drug-likeness (QED) is 0.796. The maximum atomic E-state index is 12.0. The normalized spacial score (nSPS) is 11.6. The van der Waals surface area contributed by atoms with Gasteiger partial charge in [-0.15, -0.1) is 0 Å². The molecule has 0 heterocycles. The predicted molar refractivity (Wildman–Crippen MR) is 79.9 cm³/mol. The molecule has 0 aliphatic carbocycles. The molecular formula is C14H18N2O2S. The number of benzene rings is 2. The summed E-state index contributed by atoms with van der Waals surface area (Å²) in [7, 11) is -3.31. The summed E-state index contributed by atoms with van der Waals surface area (Å²) in [6.07, 6.45) is 0. The maximum absolute atomic E-state index is 12.0. The first-order chi connectivity index (χ1) is 9.12. The van der Waals surface area contributed by atoms with E-state index in [0.717, 1.165) is 17.3 Å². The minimum Gasteiger partial charge on any atom is -0.316 e. The Labute approximate surface area is 113 Å². The lowest BCUT2D eigenvalue weighted by Crippen LogP contribution is -2.26. The fourth-order valence-corrected chi connectivity index (χ4v) is 2.94. The maximum Gasteiger partial charge on any atom is 0.233 e. The fourth-order valence-electron chi connectivity index (χ4n) is 1.92. The molecule has 0 aliphatic rings. The third-order valence-corrected chi connectivity index (χ3v) is 4.13. The van der Waals surface area contributed by atoms with E-state index in [1.54, 1.807) is 6.07 Å². The second kappa shape index (κ2) is 6.04. The lowest BCUT2D eigenvalue weighted by molar-refractivity contribution is 0.597. The van der Waals surface area contributed by atoms with Crippen molar-refractivity contribution in [1.29, 1.82) is 0 Å². The summed E-state index contributed by atoms with van der Waals surface area (Å²) in [5, 5.41) is 4.94. The van der Waals surface area contributed by atoms with Crippen molar-refractivity contribution in [3.05, 3.63) is 42.5 Å². The number of hydrogen-bond donors (Lipinski definition) is 2. The van der Waals surface area contributed by atoms with E-state index in [4.69, 9.17) is 0 Å². The molecule has 5 heteroatoms. The van der Waals surface area contributed by atoms with Gasteiger partial charge in [0.25, 0.3) is 0 Å². The number of rotatable bonds is 6. The molecule has 2 aromatic carbocycles. The Morgan fingerprint density at radius 3 is 2.58 bits per heavy atom. The predicted octanol–water partition coefficient (Wildman–Crippen LogP) is 2.19. The molecular weight excluding hydrogens is 260 g/mol. The van der Waals surface area contributed by atoms with E-state index in [1.165, 1.54) is 0 Å². The van der Waals surface area contributed by atoms with Gasteiger partial charge in [0.1, 0.15) is 0 Å². The van der Waals surface area contributed by atoms with Crippen LogP contribution in [0.1, 0.15) is 6.92 Å². The van der Waals surface area contributed by atoms with Crippen LogP contribution in [-0.2, 0) is 10.0 Å². The molecule has 0 amide bonds. The molecule has 2 rings (SSSR count). The largest absolute Gasteiger partial charge is 0.316 e. The average molecular weight is 278 g/mol. The van der Waals surface area contributed by atoms with E-state index in [1.807, 2.05) is 43.3 Å². The lowest BCUT2D eigenvalue weighted by Gasteiger charge is -2.10. The van der Waals surface area contributed by atoms with Gasteiger partial charge in [0, 0.05) is 11.9 Å². The summed E-state index contributed by atoms with van der Waals surface area (Å²) in [4.78, 5) is 0. The average Bonchev–Trinajstić information content (AvgIpc) is 2.39. The molecule has 2 aromatic rings. The molecule has 2 N–H and O–H groups in total. The molecule has 0 fully saturated rings. The second-order valence-corrected chi connectivity index (χ2v) is 6.14. The van der Waals surface area contributed by atoms with Crippen molar-refractivity contribution >= 4 is 26.5 Å². The minimum absolute atomic E-state index is 0.0735.